The summed E-state index contributed by atoms with van der Waals surface area (Å²) in [5.74, 6) is 0.785. The fourth-order valence-corrected chi connectivity index (χ4v) is 4.53. The third-order valence-electron chi connectivity index (χ3n) is 5.25. The number of nitrogens with one attached hydrogen (secondary N) is 1. The number of amides is 1. The number of rotatable bonds is 7. The summed E-state index contributed by atoms with van der Waals surface area (Å²) in [6.07, 6.45) is 5.29. The Labute approximate surface area is 170 Å². The number of nitriles is 1. The number of thioether (sulfide) groups is 1. The van der Waals surface area contributed by atoms with Crippen LogP contribution in [0, 0.1) is 11.3 Å². The minimum Gasteiger partial charge on any atom is -0.337 e. The van der Waals surface area contributed by atoms with Crippen LogP contribution in [0.4, 0.5) is 0 Å². The predicted molar refractivity (Wildman–Crippen MR) is 110 cm³/mol. The Morgan fingerprint density at radius 1 is 1.29 bits per heavy atom. The Kier molecular flexibility index (Phi) is 6.74. The van der Waals surface area contributed by atoms with Crippen LogP contribution < -0.4 is 5.32 Å². The van der Waals surface area contributed by atoms with Crippen LogP contribution in [-0.4, -0.2) is 31.5 Å². The highest BCUT2D eigenvalue weighted by Gasteiger charge is 2.35. The second kappa shape index (κ2) is 9.24. The molecule has 7 heteroatoms. The van der Waals surface area contributed by atoms with E-state index in [9.17, 15) is 10.1 Å². The van der Waals surface area contributed by atoms with Crippen LogP contribution in [-0.2, 0) is 17.8 Å². The first-order valence-electron chi connectivity index (χ1n) is 9.93. The van der Waals surface area contributed by atoms with E-state index in [4.69, 9.17) is 0 Å². The van der Waals surface area contributed by atoms with Crippen molar-refractivity contribution >= 4 is 17.7 Å². The van der Waals surface area contributed by atoms with Crippen LogP contribution in [0.15, 0.2) is 35.5 Å². The van der Waals surface area contributed by atoms with Gasteiger partial charge in [-0.25, -0.2) is 0 Å². The quantitative estimate of drug-likeness (QED) is 0.720. The highest BCUT2D eigenvalue weighted by molar-refractivity contribution is 8.00. The van der Waals surface area contributed by atoms with Crippen molar-refractivity contribution in [3.63, 3.8) is 0 Å². The average Bonchev–Trinajstić information content (AvgIpc) is 3.10. The number of carbonyl (C=O) groups excluding carboxylic acids is 1. The summed E-state index contributed by atoms with van der Waals surface area (Å²) in [5, 5.41) is 21.7. The van der Waals surface area contributed by atoms with Crippen LogP contribution in [0.25, 0.3) is 0 Å². The number of nitrogens with zero attached hydrogens (tertiary/aromatic N) is 4. The first-order chi connectivity index (χ1) is 13.6. The largest absolute Gasteiger partial charge is 0.337 e. The molecule has 6 nitrogen and oxygen atoms in total. The molecule has 1 unspecified atom stereocenters. The summed E-state index contributed by atoms with van der Waals surface area (Å²) >= 11 is 1.40. The van der Waals surface area contributed by atoms with Gasteiger partial charge in [0.1, 0.15) is 11.4 Å². The molecule has 0 aliphatic heterocycles. The second-order valence-electron chi connectivity index (χ2n) is 7.31. The molecule has 3 rings (SSSR count). The fourth-order valence-electron chi connectivity index (χ4n) is 3.60. The van der Waals surface area contributed by atoms with Crippen molar-refractivity contribution in [2.45, 2.75) is 74.9 Å². The fraction of sp³-hybridized carbons (Fsp3) is 0.524. The van der Waals surface area contributed by atoms with Gasteiger partial charge in [0, 0.05) is 13.0 Å². The van der Waals surface area contributed by atoms with Crippen LogP contribution in [0.1, 0.15) is 57.3 Å². The number of benzene rings is 1. The summed E-state index contributed by atoms with van der Waals surface area (Å²) < 4.78 is 2.06. The van der Waals surface area contributed by atoms with Gasteiger partial charge < -0.3 is 9.88 Å². The van der Waals surface area contributed by atoms with E-state index in [1.807, 2.05) is 25.1 Å². The molecule has 1 atom stereocenters. The summed E-state index contributed by atoms with van der Waals surface area (Å²) in [7, 11) is 0. The van der Waals surface area contributed by atoms with Gasteiger partial charge in [-0.05, 0) is 32.3 Å². The first-order valence-corrected chi connectivity index (χ1v) is 10.8. The standard InChI is InChI=1S/C21H27N5OS/c1-3-26-18(14-17-10-6-4-7-11-17)24-25-20(26)28-16(2)19(27)23-21(15-22)12-8-5-9-13-21/h4,6-7,10-11,16H,3,5,8-9,12-14H2,1-2H3,(H,23,27). The summed E-state index contributed by atoms with van der Waals surface area (Å²) in [6.45, 7) is 4.66. The molecule has 0 spiro atoms. The first kappa shape index (κ1) is 20.4. The van der Waals surface area contributed by atoms with E-state index in [0.717, 1.165) is 49.6 Å². The lowest BCUT2D eigenvalue weighted by atomic mass is 9.83. The Morgan fingerprint density at radius 2 is 2.00 bits per heavy atom. The number of carbonyl (C=O) groups is 1. The molecule has 0 radical (unpaired) electrons. The van der Waals surface area contributed by atoms with E-state index in [2.05, 4.69) is 45.2 Å². The molecule has 2 aromatic rings. The average molecular weight is 398 g/mol. The van der Waals surface area contributed by atoms with Crippen molar-refractivity contribution in [1.82, 2.24) is 20.1 Å². The molecule has 1 N–H and O–H groups in total. The molecule has 1 fully saturated rings. The zero-order chi connectivity index (χ0) is 20.0. The van der Waals surface area contributed by atoms with Crippen molar-refractivity contribution in [3.05, 3.63) is 41.7 Å². The van der Waals surface area contributed by atoms with Gasteiger partial charge in [-0.1, -0.05) is 61.4 Å². The minimum atomic E-state index is -0.707. The molecule has 1 aliphatic carbocycles. The molecule has 0 bridgehead atoms. The van der Waals surface area contributed by atoms with Gasteiger partial charge >= 0.3 is 0 Å². The van der Waals surface area contributed by atoms with E-state index in [1.165, 1.54) is 17.3 Å². The lowest BCUT2D eigenvalue weighted by molar-refractivity contribution is -0.121. The summed E-state index contributed by atoms with van der Waals surface area (Å²) in [4.78, 5) is 12.7. The van der Waals surface area contributed by atoms with Gasteiger partial charge in [0.05, 0.1) is 11.3 Å². The van der Waals surface area contributed by atoms with Gasteiger partial charge in [0.25, 0.3) is 0 Å². The molecule has 1 aromatic carbocycles. The van der Waals surface area contributed by atoms with E-state index >= 15 is 0 Å². The van der Waals surface area contributed by atoms with Crippen molar-refractivity contribution in [1.29, 1.82) is 5.26 Å². The van der Waals surface area contributed by atoms with Crippen LogP contribution in [0.3, 0.4) is 0 Å². The summed E-state index contributed by atoms with van der Waals surface area (Å²) in [6, 6.07) is 12.5. The lowest BCUT2D eigenvalue weighted by Crippen LogP contribution is -2.51. The van der Waals surface area contributed by atoms with Gasteiger partial charge in [0.15, 0.2) is 5.16 Å². The third-order valence-corrected chi connectivity index (χ3v) is 6.33. The third kappa shape index (κ3) is 4.74. The van der Waals surface area contributed by atoms with Gasteiger partial charge in [-0.2, -0.15) is 5.26 Å². The van der Waals surface area contributed by atoms with E-state index in [1.54, 1.807) is 0 Å². The molecule has 1 aliphatic rings. The zero-order valence-electron chi connectivity index (χ0n) is 16.5. The van der Waals surface area contributed by atoms with E-state index in [-0.39, 0.29) is 11.2 Å². The van der Waals surface area contributed by atoms with Gasteiger partial charge in [-0.3, -0.25) is 4.79 Å². The number of hydrogen-bond donors (Lipinski definition) is 1. The molecule has 28 heavy (non-hydrogen) atoms. The topological polar surface area (TPSA) is 83.6 Å². The Morgan fingerprint density at radius 3 is 2.64 bits per heavy atom. The lowest BCUT2D eigenvalue weighted by Gasteiger charge is -2.32. The Hall–Kier alpha value is -2.33. The van der Waals surface area contributed by atoms with E-state index in [0.29, 0.717) is 6.42 Å². The number of hydrogen-bond acceptors (Lipinski definition) is 5. The van der Waals surface area contributed by atoms with Crippen LogP contribution in [0.5, 0.6) is 0 Å². The smallest absolute Gasteiger partial charge is 0.234 e. The monoisotopic (exact) mass is 397 g/mol. The molecular weight excluding hydrogens is 370 g/mol. The molecule has 1 amide bonds. The predicted octanol–water partition coefficient (Wildman–Crippen LogP) is 3.71. The van der Waals surface area contributed by atoms with Gasteiger partial charge in [0.2, 0.25) is 5.91 Å². The number of aromatic nitrogens is 3. The molecular formula is C21H27N5OS. The second-order valence-corrected chi connectivity index (χ2v) is 8.62. The molecule has 0 saturated heterocycles. The van der Waals surface area contributed by atoms with Crippen molar-refractivity contribution < 1.29 is 4.79 Å². The summed E-state index contributed by atoms with van der Waals surface area (Å²) in [5.41, 5.74) is 0.473. The Balaban J connectivity index is 1.67. The Bertz CT molecular complexity index is 836. The van der Waals surface area contributed by atoms with Crippen LogP contribution >= 0.6 is 11.8 Å². The van der Waals surface area contributed by atoms with Crippen molar-refractivity contribution in [3.8, 4) is 6.07 Å². The molecule has 1 heterocycles. The maximum absolute atomic E-state index is 12.7. The minimum absolute atomic E-state index is 0.108. The van der Waals surface area contributed by atoms with Crippen molar-refractivity contribution in [2.75, 3.05) is 0 Å². The van der Waals surface area contributed by atoms with Crippen molar-refractivity contribution in [2.24, 2.45) is 0 Å². The van der Waals surface area contributed by atoms with Gasteiger partial charge in [-0.15, -0.1) is 10.2 Å². The highest BCUT2D eigenvalue weighted by Crippen LogP contribution is 2.29. The highest BCUT2D eigenvalue weighted by atomic mass is 32.2. The molecule has 1 aromatic heterocycles. The van der Waals surface area contributed by atoms with Crippen LogP contribution in [0.2, 0.25) is 0 Å². The molecule has 148 valence electrons. The maximum Gasteiger partial charge on any atom is 0.234 e. The zero-order valence-corrected chi connectivity index (χ0v) is 17.3. The normalized spacial score (nSPS) is 16.9. The SMILES string of the molecule is CCn1c(Cc2ccccc2)nnc1SC(C)C(=O)NC1(C#N)CCCCC1. The maximum atomic E-state index is 12.7. The molecule has 1 saturated carbocycles. The van der Waals surface area contributed by atoms with E-state index < -0.39 is 5.54 Å².